The highest BCUT2D eigenvalue weighted by molar-refractivity contribution is 9.09. The molecule has 0 aliphatic rings. The molecule has 0 unspecified atom stereocenters. The minimum atomic E-state index is -0.431. The minimum Gasteiger partial charge on any atom is -0.338 e. The van der Waals surface area contributed by atoms with Crippen molar-refractivity contribution in [2.45, 2.75) is 13.3 Å². The van der Waals surface area contributed by atoms with Gasteiger partial charge in [-0.1, -0.05) is 15.9 Å². The number of pyridine rings is 1. The summed E-state index contributed by atoms with van der Waals surface area (Å²) in [4.78, 5) is 17.4. The van der Waals surface area contributed by atoms with E-state index in [0.29, 0.717) is 13.1 Å². The Morgan fingerprint density at radius 1 is 1.56 bits per heavy atom. The molecule has 0 aliphatic heterocycles. The van der Waals surface area contributed by atoms with E-state index < -0.39 is 5.82 Å². The zero-order valence-electron chi connectivity index (χ0n) is 9.12. The largest absolute Gasteiger partial charge is 0.338 e. The van der Waals surface area contributed by atoms with Crippen LogP contribution in [0.2, 0.25) is 0 Å². The number of nitrogens with zero attached hydrogens (tertiary/aromatic N) is 2. The quantitative estimate of drug-likeness (QED) is 0.780. The first-order valence-electron chi connectivity index (χ1n) is 5.15. The van der Waals surface area contributed by atoms with Crippen molar-refractivity contribution in [1.29, 1.82) is 0 Å². The zero-order valence-corrected chi connectivity index (χ0v) is 10.7. The van der Waals surface area contributed by atoms with Crippen LogP contribution in [0.3, 0.4) is 0 Å². The van der Waals surface area contributed by atoms with Gasteiger partial charge in [-0.25, -0.2) is 9.37 Å². The molecule has 1 heterocycles. The molecule has 0 atom stereocenters. The van der Waals surface area contributed by atoms with Gasteiger partial charge in [0.05, 0.1) is 6.20 Å². The summed E-state index contributed by atoms with van der Waals surface area (Å²) in [7, 11) is 0. The second-order valence-electron chi connectivity index (χ2n) is 3.29. The molecule has 3 nitrogen and oxygen atoms in total. The lowest BCUT2D eigenvalue weighted by molar-refractivity contribution is 0.0759. The van der Waals surface area contributed by atoms with Crippen molar-refractivity contribution in [3.63, 3.8) is 0 Å². The molecule has 1 aromatic heterocycles. The number of carbonyl (C=O) groups excluding carboxylic acids is 1. The number of carbonyl (C=O) groups is 1. The van der Waals surface area contributed by atoms with Crippen LogP contribution in [0.1, 0.15) is 23.8 Å². The third kappa shape index (κ3) is 3.56. The summed E-state index contributed by atoms with van der Waals surface area (Å²) in [6.07, 6.45) is 1.95. The lowest BCUT2D eigenvalue weighted by Crippen LogP contribution is -2.32. The normalized spacial score (nSPS) is 10.2. The average molecular weight is 289 g/mol. The van der Waals surface area contributed by atoms with Crippen molar-refractivity contribution in [3.8, 4) is 0 Å². The number of rotatable bonds is 5. The summed E-state index contributed by atoms with van der Waals surface area (Å²) < 4.78 is 12.6. The van der Waals surface area contributed by atoms with Gasteiger partial charge in [0.2, 0.25) is 0 Å². The number of amides is 1. The fraction of sp³-hybridized carbons (Fsp3) is 0.455. The molecule has 16 heavy (non-hydrogen) atoms. The van der Waals surface area contributed by atoms with Crippen LogP contribution in [-0.2, 0) is 0 Å². The second-order valence-corrected chi connectivity index (χ2v) is 4.08. The van der Waals surface area contributed by atoms with Crippen LogP contribution in [0, 0.1) is 5.82 Å². The Hall–Kier alpha value is -0.970. The van der Waals surface area contributed by atoms with Crippen LogP contribution in [-0.4, -0.2) is 34.2 Å². The molecule has 88 valence electrons. The van der Waals surface area contributed by atoms with E-state index in [9.17, 15) is 9.18 Å². The van der Waals surface area contributed by atoms with Gasteiger partial charge in [0, 0.05) is 18.4 Å². The maximum absolute atomic E-state index is 12.6. The molecule has 0 N–H and O–H groups in total. The summed E-state index contributed by atoms with van der Waals surface area (Å²) in [5.41, 5.74) is 0.290. The molecule has 1 amide bonds. The first-order chi connectivity index (χ1) is 7.69. The van der Waals surface area contributed by atoms with Crippen molar-refractivity contribution in [1.82, 2.24) is 9.88 Å². The zero-order chi connectivity index (χ0) is 12.0. The third-order valence-electron chi connectivity index (χ3n) is 2.18. The Morgan fingerprint density at radius 3 is 2.81 bits per heavy atom. The number of hydrogen-bond donors (Lipinski definition) is 0. The van der Waals surface area contributed by atoms with E-state index in [2.05, 4.69) is 20.9 Å². The van der Waals surface area contributed by atoms with Crippen LogP contribution in [0.15, 0.2) is 18.3 Å². The van der Waals surface area contributed by atoms with Gasteiger partial charge in [0.15, 0.2) is 0 Å². The Morgan fingerprint density at radius 2 is 2.31 bits per heavy atom. The molecular formula is C11H14BrFN2O. The summed E-state index contributed by atoms with van der Waals surface area (Å²) in [5, 5.41) is 0.855. The van der Waals surface area contributed by atoms with Crippen molar-refractivity contribution in [2.24, 2.45) is 0 Å². The highest BCUT2D eigenvalue weighted by Crippen LogP contribution is 2.04. The van der Waals surface area contributed by atoms with Gasteiger partial charge in [-0.3, -0.25) is 4.79 Å². The molecular weight excluding hydrogens is 275 g/mol. The average Bonchev–Trinajstić information content (AvgIpc) is 2.30. The summed E-state index contributed by atoms with van der Waals surface area (Å²) in [6, 6.07) is 2.66. The molecule has 0 aliphatic carbocycles. The lowest BCUT2D eigenvalue weighted by Gasteiger charge is -2.19. The Kier molecular flexibility index (Phi) is 5.38. The van der Waals surface area contributed by atoms with E-state index in [1.54, 1.807) is 4.90 Å². The molecule has 0 saturated carbocycles. The fourth-order valence-corrected chi connectivity index (χ4v) is 1.57. The second kappa shape index (κ2) is 6.58. The van der Waals surface area contributed by atoms with Gasteiger partial charge in [-0.15, -0.1) is 0 Å². The van der Waals surface area contributed by atoms with E-state index in [1.807, 2.05) is 6.92 Å². The van der Waals surface area contributed by atoms with Gasteiger partial charge < -0.3 is 4.90 Å². The van der Waals surface area contributed by atoms with Gasteiger partial charge in [-0.05, 0) is 25.5 Å². The number of aromatic nitrogens is 1. The molecule has 0 aromatic carbocycles. The minimum absolute atomic E-state index is 0.150. The molecule has 0 saturated heterocycles. The summed E-state index contributed by atoms with van der Waals surface area (Å²) >= 11 is 3.32. The van der Waals surface area contributed by atoms with Gasteiger partial charge in [0.1, 0.15) is 11.5 Å². The Labute approximate surface area is 103 Å². The molecule has 1 rings (SSSR count). The van der Waals surface area contributed by atoms with E-state index in [0.717, 1.165) is 17.9 Å². The van der Waals surface area contributed by atoms with E-state index in [-0.39, 0.29) is 11.6 Å². The lowest BCUT2D eigenvalue weighted by atomic mass is 10.3. The van der Waals surface area contributed by atoms with Crippen molar-refractivity contribution in [2.75, 3.05) is 18.4 Å². The highest BCUT2D eigenvalue weighted by atomic mass is 79.9. The van der Waals surface area contributed by atoms with Crippen molar-refractivity contribution < 1.29 is 9.18 Å². The monoisotopic (exact) mass is 288 g/mol. The Balaban J connectivity index is 2.70. The summed E-state index contributed by atoms with van der Waals surface area (Å²) in [6.45, 7) is 3.22. The van der Waals surface area contributed by atoms with Crippen LogP contribution in [0.25, 0.3) is 0 Å². The molecule has 1 aromatic rings. The van der Waals surface area contributed by atoms with Crippen LogP contribution in [0.5, 0.6) is 0 Å². The van der Waals surface area contributed by atoms with E-state index >= 15 is 0 Å². The number of hydrogen-bond acceptors (Lipinski definition) is 2. The molecule has 0 bridgehead atoms. The maximum Gasteiger partial charge on any atom is 0.272 e. The Bertz CT molecular complexity index is 342. The van der Waals surface area contributed by atoms with Crippen molar-refractivity contribution >= 4 is 21.8 Å². The van der Waals surface area contributed by atoms with E-state index in [1.165, 1.54) is 12.1 Å². The first kappa shape index (κ1) is 13.1. The topological polar surface area (TPSA) is 33.2 Å². The molecule has 0 radical (unpaired) electrons. The van der Waals surface area contributed by atoms with Crippen LogP contribution < -0.4 is 0 Å². The molecule has 5 heteroatoms. The van der Waals surface area contributed by atoms with Crippen molar-refractivity contribution in [3.05, 3.63) is 29.8 Å². The smallest absolute Gasteiger partial charge is 0.272 e. The predicted octanol–water partition coefficient (Wildman–Crippen LogP) is 2.47. The molecule has 0 fully saturated rings. The maximum atomic E-state index is 12.6. The third-order valence-corrected chi connectivity index (χ3v) is 2.74. The SMILES string of the molecule is CCN(CCCBr)C(=O)c1ccc(F)cn1. The molecule has 0 spiro atoms. The van der Waals surface area contributed by atoms with Crippen LogP contribution in [0.4, 0.5) is 4.39 Å². The predicted molar refractivity (Wildman–Crippen MR) is 64.2 cm³/mol. The van der Waals surface area contributed by atoms with E-state index in [4.69, 9.17) is 0 Å². The van der Waals surface area contributed by atoms with Gasteiger partial charge >= 0.3 is 0 Å². The number of alkyl halides is 1. The number of halogens is 2. The van der Waals surface area contributed by atoms with Gasteiger partial charge in [-0.2, -0.15) is 0 Å². The van der Waals surface area contributed by atoms with Gasteiger partial charge in [0.25, 0.3) is 5.91 Å². The van der Waals surface area contributed by atoms with Crippen LogP contribution >= 0.6 is 15.9 Å². The fourth-order valence-electron chi connectivity index (χ4n) is 1.32. The summed E-state index contributed by atoms with van der Waals surface area (Å²) in [5.74, 6) is -0.580. The highest BCUT2D eigenvalue weighted by Gasteiger charge is 2.14. The first-order valence-corrected chi connectivity index (χ1v) is 6.28. The standard InChI is InChI=1S/C11H14BrFN2O/c1-2-15(7-3-6-12)11(16)10-5-4-9(13)8-14-10/h4-5,8H,2-3,6-7H2,1H3.